The first-order valence-electron chi connectivity index (χ1n) is 9.97. The zero-order chi connectivity index (χ0) is 19.4. The van der Waals surface area contributed by atoms with Gasteiger partial charge in [-0.2, -0.15) is 0 Å². The number of nitrogens with one attached hydrogen (secondary N) is 1. The van der Waals surface area contributed by atoms with E-state index in [9.17, 15) is 4.79 Å². The van der Waals surface area contributed by atoms with E-state index in [1.165, 1.54) is 5.56 Å². The molecule has 5 heteroatoms. The summed E-state index contributed by atoms with van der Waals surface area (Å²) in [5, 5.41) is 3.06. The maximum atomic E-state index is 12.8. The van der Waals surface area contributed by atoms with Gasteiger partial charge < -0.3 is 10.2 Å². The van der Waals surface area contributed by atoms with Crippen LogP contribution in [0.4, 0.5) is 5.82 Å². The number of hydrogen-bond donors (Lipinski definition) is 1. The highest BCUT2D eigenvalue weighted by atomic mass is 16.1. The molecule has 144 valence electrons. The number of carbonyl (C=O) groups is 1. The van der Waals surface area contributed by atoms with Crippen molar-refractivity contribution in [2.75, 3.05) is 18.0 Å². The van der Waals surface area contributed by atoms with E-state index in [4.69, 9.17) is 4.98 Å². The molecule has 3 rings (SSSR count). The van der Waals surface area contributed by atoms with Crippen LogP contribution in [0.5, 0.6) is 0 Å². The number of aryl methyl sites for hydroxylation is 1. The minimum atomic E-state index is -0.0891. The Morgan fingerprint density at radius 1 is 1.33 bits per heavy atom. The second-order valence-electron chi connectivity index (χ2n) is 7.75. The number of aromatic nitrogens is 2. The summed E-state index contributed by atoms with van der Waals surface area (Å²) in [6.45, 7) is 10.3. The van der Waals surface area contributed by atoms with Crippen molar-refractivity contribution in [2.45, 2.75) is 53.0 Å². The fourth-order valence-corrected chi connectivity index (χ4v) is 3.32. The SMILES string of the molecule is CCC(C)NC(=O)c1cnc(-c2cccc(C)c2)nc1N1CCC(C)CC1. The Morgan fingerprint density at radius 2 is 2.07 bits per heavy atom. The number of hydrogen-bond acceptors (Lipinski definition) is 4. The van der Waals surface area contributed by atoms with Crippen LogP contribution in [-0.2, 0) is 0 Å². The number of carbonyl (C=O) groups excluding carboxylic acids is 1. The van der Waals surface area contributed by atoms with E-state index in [1.54, 1.807) is 6.20 Å². The summed E-state index contributed by atoms with van der Waals surface area (Å²) in [7, 11) is 0. The molecule has 1 aromatic heterocycles. The number of piperidine rings is 1. The van der Waals surface area contributed by atoms with Gasteiger partial charge in [0, 0.05) is 30.9 Å². The van der Waals surface area contributed by atoms with Crippen LogP contribution in [-0.4, -0.2) is 35.0 Å². The molecule has 1 fully saturated rings. The summed E-state index contributed by atoms with van der Waals surface area (Å²) in [6, 6.07) is 8.30. The van der Waals surface area contributed by atoms with Crippen molar-refractivity contribution < 1.29 is 4.79 Å². The summed E-state index contributed by atoms with van der Waals surface area (Å²) < 4.78 is 0. The molecule has 1 aliphatic heterocycles. The van der Waals surface area contributed by atoms with Crippen LogP contribution < -0.4 is 10.2 Å². The molecular formula is C22H30N4O. The standard InChI is InChI=1S/C22H30N4O/c1-5-17(4)24-22(27)19-14-23-20(18-8-6-7-16(3)13-18)25-21(19)26-11-9-15(2)10-12-26/h6-8,13-15,17H,5,9-12H2,1-4H3,(H,24,27). The van der Waals surface area contributed by atoms with Gasteiger partial charge in [-0.05, 0) is 45.1 Å². The maximum Gasteiger partial charge on any atom is 0.256 e. The van der Waals surface area contributed by atoms with Crippen LogP contribution in [0.2, 0.25) is 0 Å². The third kappa shape index (κ3) is 4.65. The van der Waals surface area contributed by atoms with Gasteiger partial charge in [0.25, 0.3) is 5.91 Å². The average molecular weight is 367 g/mol. The molecule has 27 heavy (non-hydrogen) atoms. The van der Waals surface area contributed by atoms with Gasteiger partial charge in [0.05, 0.1) is 0 Å². The van der Waals surface area contributed by atoms with Gasteiger partial charge in [-0.3, -0.25) is 4.79 Å². The first-order valence-corrected chi connectivity index (χ1v) is 9.97. The molecule has 1 saturated heterocycles. The third-order valence-corrected chi connectivity index (χ3v) is 5.36. The summed E-state index contributed by atoms with van der Waals surface area (Å²) in [5.41, 5.74) is 2.72. The van der Waals surface area contributed by atoms with E-state index in [1.807, 2.05) is 19.1 Å². The van der Waals surface area contributed by atoms with E-state index in [-0.39, 0.29) is 11.9 Å². The third-order valence-electron chi connectivity index (χ3n) is 5.36. The van der Waals surface area contributed by atoms with Crippen molar-refractivity contribution in [2.24, 2.45) is 5.92 Å². The highest BCUT2D eigenvalue weighted by Gasteiger charge is 2.24. The molecular weight excluding hydrogens is 336 g/mol. The second kappa shape index (κ2) is 8.51. The molecule has 1 unspecified atom stereocenters. The van der Waals surface area contributed by atoms with E-state index in [2.05, 4.69) is 48.1 Å². The molecule has 0 spiro atoms. The molecule has 0 aliphatic carbocycles. The fourth-order valence-electron chi connectivity index (χ4n) is 3.32. The highest BCUT2D eigenvalue weighted by molar-refractivity contribution is 5.99. The minimum absolute atomic E-state index is 0.0891. The van der Waals surface area contributed by atoms with Gasteiger partial charge in [-0.15, -0.1) is 0 Å². The fraction of sp³-hybridized carbons (Fsp3) is 0.500. The molecule has 1 aromatic carbocycles. The van der Waals surface area contributed by atoms with Gasteiger partial charge in [-0.25, -0.2) is 9.97 Å². The first kappa shape index (κ1) is 19.3. The summed E-state index contributed by atoms with van der Waals surface area (Å²) in [5.74, 6) is 2.06. The Bertz CT molecular complexity index is 797. The molecule has 0 saturated carbocycles. The Balaban J connectivity index is 1.98. The van der Waals surface area contributed by atoms with Crippen molar-refractivity contribution in [3.05, 3.63) is 41.6 Å². The largest absolute Gasteiger partial charge is 0.356 e. The number of amides is 1. The van der Waals surface area contributed by atoms with Crippen LogP contribution in [0.1, 0.15) is 56.0 Å². The summed E-state index contributed by atoms with van der Waals surface area (Å²) >= 11 is 0. The molecule has 1 amide bonds. The van der Waals surface area contributed by atoms with Crippen LogP contribution in [0, 0.1) is 12.8 Å². The van der Waals surface area contributed by atoms with Crippen LogP contribution >= 0.6 is 0 Å². The van der Waals surface area contributed by atoms with Crippen molar-refractivity contribution in [3.8, 4) is 11.4 Å². The van der Waals surface area contributed by atoms with Crippen LogP contribution in [0.15, 0.2) is 30.5 Å². The number of rotatable bonds is 5. The monoisotopic (exact) mass is 366 g/mol. The Labute approximate surface area is 162 Å². The molecule has 1 atom stereocenters. The van der Waals surface area contributed by atoms with Gasteiger partial charge in [0.15, 0.2) is 5.82 Å². The summed E-state index contributed by atoms with van der Waals surface area (Å²) in [4.78, 5) is 24.4. The predicted octanol–water partition coefficient (Wildman–Crippen LogP) is 4.22. The zero-order valence-corrected chi connectivity index (χ0v) is 16.8. The van der Waals surface area contributed by atoms with Gasteiger partial charge in [0.1, 0.15) is 11.4 Å². The average Bonchev–Trinajstić information content (AvgIpc) is 2.68. The molecule has 2 heterocycles. The molecule has 0 bridgehead atoms. The van der Waals surface area contributed by atoms with E-state index in [0.717, 1.165) is 49.7 Å². The topological polar surface area (TPSA) is 58.1 Å². The van der Waals surface area contributed by atoms with E-state index >= 15 is 0 Å². The van der Waals surface area contributed by atoms with Crippen molar-refractivity contribution in [3.63, 3.8) is 0 Å². The Kier molecular flexibility index (Phi) is 6.09. The molecule has 1 N–H and O–H groups in total. The lowest BCUT2D eigenvalue weighted by molar-refractivity contribution is 0.0939. The lowest BCUT2D eigenvalue weighted by atomic mass is 9.99. The first-order chi connectivity index (χ1) is 13.0. The van der Waals surface area contributed by atoms with Gasteiger partial charge >= 0.3 is 0 Å². The number of benzene rings is 1. The number of nitrogens with zero attached hydrogens (tertiary/aromatic N) is 3. The van der Waals surface area contributed by atoms with Crippen molar-refractivity contribution in [1.82, 2.24) is 15.3 Å². The lowest BCUT2D eigenvalue weighted by Gasteiger charge is -2.32. The minimum Gasteiger partial charge on any atom is -0.356 e. The summed E-state index contributed by atoms with van der Waals surface area (Å²) in [6.07, 6.45) is 4.83. The Morgan fingerprint density at radius 3 is 2.74 bits per heavy atom. The normalized spacial score (nSPS) is 16.2. The zero-order valence-electron chi connectivity index (χ0n) is 16.8. The molecule has 2 aromatic rings. The lowest BCUT2D eigenvalue weighted by Crippen LogP contribution is -2.37. The Hall–Kier alpha value is -2.43. The smallest absolute Gasteiger partial charge is 0.256 e. The maximum absolute atomic E-state index is 12.8. The predicted molar refractivity (Wildman–Crippen MR) is 110 cm³/mol. The quantitative estimate of drug-likeness (QED) is 0.861. The van der Waals surface area contributed by atoms with E-state index in [0.29, 0.717) is 11.4 Å². The van der Waals surface area contributed by atoms with Crippen molar-refractivity contribution >= 4 is 11.7 Å². The van der Waals surface area contributed by atoms with E-state index < -0.39 is 0 Å². The molecule has 0 radical (unpaired) electrons. The molecule has 1 aliphatic rings. The highest BCUT2D eigenvalue weighted by Crippen LogP contribution is 2.27. The van der Waals surface area contributed by atoms with Gasteiger partial charge in [-0.1, -0.05) is 37.6 Å². The number of anilines is 1. The van der Waals surface area contributed by atoms with Crippen LogP contribution in [0.3, 0.4) is 0 Å². The van der Waals surface area contributed by atoms with Gasteiger partial charge in [0.2, 0.25) is 0 Å². The second-order valence-corrected chi connectivity index (χ2v) is 7.75. The molecule has 5 nitrogen and oxygen atoms in total. The van der Waals surface area contributed by atoms with Crippen LogP contribution in [0.25, 0.3) is 11.4 Å². The van der Waals surface area contributed by atoms with Crippen molar-refractivity contribution in [1.29, 1.82) is 0 Å².